The van der Waals surface area contributed by atoms with E-state index >= 15 is 0 Å². The first-order valence-corrected chi connectivity index (χ1v) is 7.02. The van der Waals surface area contributed by atoms with Crippen LogP contribution in [0.25, 0.3) is 0 Å². The molecule has 1 aromatic rings. The molecule has 0 atom stereocenters. The number of rotatable bonds is 5. The molecule has 1 aliphatic carbocycles. The average Bonchev–Trinajstić information content (AvgIpc) is 2.37. The third-order valence-electron chi connectivity index (χ3n) is 4.11. The highest BCUT2D eigenvalue weighted by Gasteiger charge is 2.48. The van der Waals surface area contributed by atoms with Gasteiger partial charge >= 0.3 is 0 Å². The molecule has 1 fully saturated rings. The second-order valence-corrected chi connectivity index (χ2v) is 6.13. The molecule has 0 radical (unpaired) electrons. The summed E-state index contributed by atoms with van der Waals surface area (Å²) in [5.74, 6) is 0.733. The number of hydrogen-bond acceptors (Lipinski definition) is 3. The van der Waals surface area contributed by atoms with Crippen LogP contribution in [0, 0.1) is 0 Å². The molecule has 1 aromatic carbocycles. The number of benzene rings is 1. The van der Waals surface area contributed by atoms with Gasteiger partial charge in [-0.1, -0.05) is 24.6 Å². The quantitative estimate of drug-likeness (QED) is 0.865. The molecule has 110 valence electrons. The molecular weight excluding hydrogens is 254 g/mol. The molecule has 1 aliphatic rings. The minimum Gasteiger partial charge on any atom is -0.496 e. The van der Waals surface area contributed by atoms with Crippen molar-refractivity contribution in [2.45, 2.75) is 44.1 Å². The molecule has 1 amide bonds. The van der Waals surface area contributed by atoms with Crippen molar-refractivity contribution < 1.29 is 14.6 Å². The molecule has 4 heteroatoms. The van der Waals surface area contributed by atoms with Gasteiger partial charge in [-0.25, -0.2) is 0 Å². The van der Waals surface area contributed by atoms with Gasteiger partial charge in [0.25, 0.3) is 0 Å². The number of carbonyl (C=O) groups excluding carboxylic acids is 1. The van der Waals surface area contributed by atoms with E-state index in [1.807, 2.05) is 38.1 Å². The molecule has 0 unspecified atom stereocenters. The van der Waals surface area contributed by atoms with Crippen molar-refractivity contribution >= 4 is 5.91 Å². The summed E-state index contributed by atoms with van der Waals surface area (Å²) in [6.07, 6.45) is 2.67. The zero-order valence-electron chi connectivity index (χ0n) is 12.4. The average molecular weight is 277 g/mol. The zero-order chi connectivity index (χ0) is 14.8. The molecule has 0 spiro atoms. The maximum atomic E-state index is 12.7. The predicted molar refractivity (Wildman–Crippen MR) is 77.8 cm³/mol. The topological polar surface area (TPSA) is 58.6 Å². The zero-order valence-corrected chi connectivity index (χ0v) is 12.4. The van der Waals surface area contributed by atoms with Crippen LogP contribution in [0.3, 0.4) is 0 Å². The van der Waals surface area contributed by atoms with Crippen molar-refractivity contribution in [1.29, 1.82) is 0 Å². The van der Waals surface area contributed by atoms with Gasteiger partial charge in [0.1, 0.15) is 5.75 Å². The molecule has 0 heterocycles. The number of aliphatic hydroxyl groups excluding tert-OH is 1. The molecule has 0 bridgehead atoms. The van der Waals surface area contributed by atoms with E-state index in [2.05, 4.69) is 5.32 Å². The van der Waals surface area contributed by atoms with Crippen LogP contribution in [0.1, 0.15) is 38.7 Å². The van der Waals surface area contributed by atoms with Crippen LogP contribution >= 0.6 is 0 Å². The minimum atomic E-state index is -0.609. The van der Waals surface area contributed by atoms with Gasteiger partial charge in [-0.05, 0) is 32.8 Å². The molecule has 0 aromatic heterocycles. The predicted octanol–water partition coefficient (Wildman–Crippen LogP) is 2.00. The molecule has 2 rings (SSSR count). The summed E-state index contributed by atoms with van der Waals surface area (Å²) in [5, 5.41) is 12.3. The summed E-state index contributed by atoms with van der Waals surface area (Å²) in [4.78, 5) is 12.7. The monoisotopic (exact) mass is 277 g/mol. The van der Waals surface area contributed by atoms with Crippen LogP contribution in [0.5, 0.6) is 5.75 Å². The summed E-state index contributed by atoms with van der Waals surface area (Å²) >= 11 is 0. The van der Waals surface area contributed by atoms with E-state index in [0.29, 0.717) is 0 Å². The van der Waals surface area contributed by atoms with Crippen LogP contribution in [0.15, 0.2) is 24.3 Å². The first-order valence-electron chi connectivity index (χ1n) is 7.02. The second-order valence-electron chi connectivity index (χ2n) is 6.13. The van der Waals surface area contributed by atoms with Crippen molar-refractivity contribution in [2.75, 3.05) is 13.7 Å². The number of methoxy groups -OCH3 is 1. The number of amides is 1. The fourth-order valence-corrected chi connectivity index (χ4v) is 2.66. The number of nitrogens with one attached hydrogen (secondary N) is 1. The number of para-hydroxylation sites is 1. The Kier molecular flexibility index (Phi) is 4.04. The number of hydrogen-bond donors (Lipinski definition) is 2. The van der Waals surface area contributed by atoms with E-state index in [4.69, 9.17) is 4.74 Å². The summed E-state index contributed by atoms with van der Waals surface area (Å²) < 4.78 is 5.40. The van der Waals surface area contributed by atoms with Gasteiger partial charge < -0.3 is 15.2 Å². The second kappa shape index (κ2) is 5.44. The lowest BCUT2D eigenvalue weighted by molar-refractivity contribution is -0.132. The van der Waals surface area contributed by atoms with Crippen LogP contribution in [0.4, 0.5) is 0 Å². The molecule has 2 N–H and O–H groups in total. The standard InChI is InChI=1S/C16H23NO3/c1-15(2,11-18)17-14(19)16(9-6-10-16)12-7-4-5-8-13(12)20-3/h4-5,7-8,18H,6,9-11H2,1-3H3,(H,17,19). The van der Waals surface area contributed by atoms with E-state index in [1.54, 1.807) is 7.11 Å². The fraction of sp³-hybridized carbons (Fsp3) is 0.562. The Hall–Kier alpha value is -1.55. The first kappa shape index (κ1) is 14.9. The Balaban J connectivity index is 2.32. The lowest BCUT2D eigenvalue weighted by Gasteiger charge is -2.43. The normalized spacial score (nSPS) is 17.2. The van der Waals surface area contributed by atoms with Gasteiger partial charge in [0.15, 0.2) is 0 Å². The van der Waals surface area contributed by atoms with E-state index in [1.165, 1.54) is 0 Å². The van der Waals surface area contributed by atoms with Crippen molar-refractivity contribution in [1.82, 2.24) is 5.32 Å². The van der Waals surface area contributed by atoms with Gasteiger partial charge in [-0.3, -0.25) is 4.79 Å². The van der Waals surface area contributed by atoms with E-state index in [0.717, 1.165) is 30.6 Å². The highest BCUT2D eigenvalue weighted by atomic mass is 16.5. The van der Waals surface area contributed by atoms with Crippen LogP contribution in [-0.2, 0) is 10.2 Å². The molecule has 0 saturated heterocycles. The Labute approximate surface area is 120 Å². The molecule has 20 heavy (non-hydrogen) atoms. The van der Waals surface area contributed by atoms with E-state index in [-0.39, 0.29) is 12.5 Å². The van der Waals surface area contributed by atoms with Gasteiger partial charge in [-0.15, -0.1) is 0 Å². The Morgan fingerprint density at radius 2 is 2.05 bits per heavy atom. The Morgan fingerprint density at radius 1 is 1.40 bits per heavy atom. The van der Waals surface area contributed by atoms with Gasteiger partial charge in [0, 0.05) is 5.56 Å². The Bertz CT molecular complexity index is 492. The molecule has 1 saturated carbocycles. The van der Waals surface area contributed by atoms with Crippen LogP contribution in [-0.4, -0.2) is 30.3 Å². The molecule has 4 nitrogen and oxygen atoms in total. The smallest absolute Gasteiger partial charge is 0.231 e. The van der Waals surface area contributed by atoms with Crippen molar-refractivity contribution in [2.24, 2.45) is 0 Å². The maximum absolute atomic E-state index is 12.7. The number of aliphatic hydroxyl groups is 1. The largest absolute Gasteiger partial charge is 0.496 e. The highest BCUT2D eigenvalue weighted by Crippen LogP contribution is 2.47. The van der Waals surface area contributed by atoms with Gasteiger partial charge in [-0.2, -0.15) is 0 Å². The maximum Gasteiger partial charge on any atom is 0.231 e. The summed E-state index contributed by atoms with van der Waals surface area (Å²) in [7, 11) is 1.63. The highest BCUT2D eigenvalue weighted by molar-refractivity contribution is 5.90. The molecular formula is C16H23NO3. The van der Waals surface area contributed by atoms with Crippen molar-refractivity contribution in [3.8, 4) is 5.75 Å². The van der Waals surface area contributed by atoms with Gasteiger partial charge in [0.05, 0.1) is 24.7 Å². The van der Waals surface area contributed by atoms with Crippen molar-refractivity contribution in [3.05, 3.63) is 29.8 Å². The SMILES string of the molecule is COc1ccccc1C1(C(=O)NC(C)(C)CO)CCC1. The first-order chi connectivity index (χ1) is 9.45. The summed E-state index contributed by atoms with van der Waals surface area (Å²) in [5.41, 5.74) is -0.180. The minimum absolute atomic E-state index is 0.0210. The Morgan fingerprint density at radius 3 is 2.55 bits per heavy atom. The van der Waals surface area contributed by atoms with Gasteiger partial charge in [0.2, 0.25) is 5.91 Å². The lowest BCUT2D eigenvalue weighted by Crippen LogP contribution is -2.56. The van der Waals surface area contributed by atoms with E-state index in [9.17, 15) is 9.90 Å². The third kappa shape index (κ3) is 2.52. The number of carbonyl (C=O) groups is 1. The lowest BCUT2D eigenvalue weighted by atomic mass is 9.63. The van der Waals surface area contributed by atoms with Crippen LogP contribution < -0.4 is 10.1 Å². The molecule has 0 aliphatic heterocycles. The van der Waals surface area contributed by atoms with Crippen molar-refractivity contribution in [3.63, 3.8) is 0 Å². The van der Waals surface area contributed by atoms with E-state index < -0.39 is 11.0 Å². The third-order valence-corrected chi connectivity index (χ3v) is 4.11. The fourth-order valence-electron chi connectivity index (χ4n) is 2.66. The summed E-state index contributed by atoms with van der Waals surface area (Å²) in [6, 6.07) is 7.69. The number of ether oxygens (including phenoxy) is 1. The van der Waals surface area contributed by atoms with Crippen LogP contribution in [0.2, 0.25) is 0 Å². The summed E-state index contributed by atoms with van der Waals surface area (Å²) in [6.45, 7) is 3.56.